The number of aryl methyl sites for hydroxylation is 3. The zero-order valence-electron chi connectivity index (χ0n) is 16.9. The van der Waals surface area contributed by atoms with Crippen LogP contribution in [0.2, 0.25) is 0 Å². The number of rotatable bonds is 3. The van der Waals surface area contributed by atoms with Gasteiger partial charge in [-0.05, 0) is 12.0 Å². The van der Waals surface area contributed by atoms with Gasteiger partial charge in [-0.3, -0.25) is 18.3 Å². The lowest BCUT2D eigenvalue weighted by Crippen LogP contribution is -2.37. The van der Waals surface area contributed by atoms with Gasteiger partial charge in [0.05, 0.1) is 0 Å². The lowest BCUT2D eigenvalue weighted by Gasteiger charge is -2.21. The van der Waals surface area contributed by atoms with Crippen molar-refractivity contribution in [1.29, 1.82) is 0 Å². The van der Waals surface area contributed by atoms with Gasteiger partial charge in [0, 0.05) is 37.9 Å². The molecule has 0 fully saturated rings. The fourth-order valence-electron chi connectivity index (χ4n) is 3.72. The maximum atomic E-state index is 12.8. The van der Waals surface area contributed by atoms with Crippen molar-refractivity contribution in [3.8, 4) is 0 Å². The Hall–Kier alpha value is -3.09. The van der Waals surface area contributed by atoms with Gasteiger partial charge in [0.2, 0.25) is 5.78 Å². The Morgan fingerprint density at radius 2 is 1.68 bits per heavy atom. The van der Waals surface area contributed by atoms with Gasteiger partial charge in [-0.1, -0.05) is 51.1 Å². The molecule has 28 heavy (non-hydrogen) atoms. The van der Waals surface area contributed by atoms with Crippen LogP contribution in [-0.4, -0.2) is 23.1 Å². The Morgan fingerprint density at radius 1 is 1.00 bits per heavy atom. The van der Waals surface area contributed by atoms with Crippen molar-refractivity contribution >= 4 is 16.9 Å². The molecule has 0 bridgehead atoms. The molecule has 4 rings (SSSR count). The van der Waals surface area contributed by atoms with Gasteiger partial charge in [-0.25, -0.2) is 4.79 Å². The van der Waals surface area contributed by atoms with E-state index in [2.05, 4.69) is 37.5 Å². The Kier molecular flexibility index (Phi) is 4.06. The molecule has 1 aromatic carbocycles. The van der Waals surface area contributed by atoms with Crippen LogP contribution in [0, 0.1) is 0 Å². The summed E-state index contributed by atoms with van der Waals surface area (Å²) in [5.41, 5.74) is 2.38. The molecule has 0 atom stereocenters. The Labute approximate surface area is 162 Å². The van der Waals surface area contributed by atoms with E-state index in [1.807, 2.05) is 28.8 Å². The van der Waals surface area contributed by atoms with Gasteiger partial charge in [-0.15, -0.1) is 0 Å². The van der Waals surface area contributed by atoms with E-state index in [1.165, 1.54) is 17.2 Å². The quantitative estimate of drug-likeness (QED) is 0.548. The number of nitrogens with zero attached hydrogens (tertiary/aromatic N) is 5. The maximum absolute atomic E-state index is 12.8. The molecular weight excluding hydrogens is 354 g/mol. The van der Waals surface area contributed by atoms with Crippen LogP contribution in [0.4, 0.5) is 0 Å². The second kappa shape index (κ2) is 6.22. The lowest BCUT2D eigenvalue weighted by molar-refractivity contribution is 0.521. The van der Waals surface area contributed by atoms with Gasteiger partial charge in [0.1, 0.15) is 0 Å². The third-order valence-corrected chi connectivity index (χ3v) is 5.29. The molecule has 3 aromatic heterocycles. The summed E-state index contributed by atoms with van der Waals surface area (Å²) in [6, 6.07) is 10.3. The van der Waals surface area contributed by atoms with E-state index in [4.69, 9.17) is 4.98 Å². The normalized spacial score (nSPS) is 12.3. The molecule has 0 amide bonds. The van der Waals surface area contributed by atoms with Crippen molar-refractivity contribution in [3.05, 3.63) is 68.6 Å². The van der Waals surface area contributed by atoms with Crippen molar-refractivity contribution in [2.24, 2.45) is 14.1 Å². The molecule has 4 aromatic rings. The smallest absolute Gasteiger partial charge is 0.313 e. The van der Waals surface area contributed by atoms with Gasteiger partial charge < -0.3 is 4.57 Å². The van der Waals surface area contributed by atoms with Crippen LogP contribution < -0.4 is 11.2 Å². The minimum atomic E-state index is -0.370. The van der Waals surface area contributed by atoms with E-state index in [1.54, 1.807) is 7.05 Å². The van der Waals surface area contributed by atoms with Crippen LogP contribution in [0.15, 0.2) is 46.1 Å². The van der Waals surface area contributed by atoms with Crippen LogP contribution in [0.25, 0.3) is 16.9 Å². The van der Waals surface area contributed by atoms with E-state index in [9.17, 15) is 9.59 Å². The molecule has 7 nitrogen and oxygen atoms in total. The monoisotopic (exact) mass is 379 g/mol. The fourth-order valence-corrected chi connectivity index (χ4v) is 3.72. The van der Waals surface area contributed by atoms with E-state index in [0.717, 1.165) is 23.2 Å². The second-order valence-corrected chi connectivity index (χ2v) is 8.31. The summed E-state index contributed by atoms with van der Waals surface area (Å²) in [7, 11) is 3.15. The minimum Gasteiger partial charge on any atom is -0.313 e. The molecule has 3 heterocycles. The molecule has 0 aliphatic heterocycles. The van der Waals surface area contributed by atoms with E-state index in [0.29, 0.717) is 16.9 Å². The average molecular weight is 379 g/mol. The van der Waals surface area contributed by atoms with E-state index >= 15 is 0 Å². The van der Waals surface area contributed by atoms with Crippen LogP contribution in [-0.2, 0) is 32.5 Å². The van der Waals surface area contributed by atoms with Crippen molar-refractivity contribution in [3.63, 3.8) is 0 Å². The topological polar surface area (TPSA) is 66.2 Å². The first kappa shape index (κ1) is 18.3. The summed E-state index contributed by atoms with van der Waals surface area (Å²) in [5, 5.41) is 0. The second-order valence-electron chi connectivity index (χ2n) is 8.31. The number of hydrogen-bond acceptors (Lipinski definition) is 3. The summed E-state index contributed by atoms with van der Waals surface area (Å²) < 4.78 is 6.57. The predicted molar refractivity (Wildman–Crippen MR) is 110 cm³/mol. The zero-order valence-corrected chi connectivity index (χ0v) is 16.9. The van der Waals surface area contributed by atoms with Crippen LogP contribution >= 0.6 is 0 Å². The first-order valence-corrected chi connectivity index (χ1v) is 9.42. The standard InChI is InChI=1S/C21H25N5O2/c1-21(2,3)15-13-26-16-17(23(4)20(28)24(5)18(16)27)22-19(26)25(15)12-11-14-9-7-6-8-10-14/h6-10,13H,11-12H2,1-5H3. The molecule has 0 spiro atoms. The Bertz CT molecular complexity index is 1300. The molecule has 0 aliphatic rings. The van der Waals surface area contributed by atoms with Crippen molar-refractivity contribution in [1.82, 2.24) is 23.1 Å². The maximum Gasteiger partial charge on any atom is 0.332 e. The Balaban J connectivity index is 1.98. The third kappa shape index (κ3) is 2.69. The highest BCUT2D eigenvalue weighted by Crippen LogP contribution is 2.27. The largest absolute Gasteiger partial charge is 0.332 e. The molecule has 146 valence electrons. The van der Waals surface area contributed by atoms with Gasteiger partial charge in [-0.2, -0.15) is 4.98 Å². The van der Waals surface area contributed by atoms with E-state index < -0.39 is 0 Å². The van der Waals surface area contributed by atoms with Crippen molar-refractivity contribution in [2.45, 2.75) is 39.2 Å². The highest BCUT2D eigenvalue weighted by atomic mass is 16.2. The number of aromatic nitrogens is 5. The summed E-state index contributed by atoms with van der Waals surface area (Å²) in [5.74, 6) is 0.689. The molecule has 0 aliphatic carbocycles. The van der Waals surface area contributed by atoms with Gasteiger partial charge in [0.15, 0.2) is 11.2 Å². The molecule has 7 heteroatoms. The average Bonchev–Trinajstić information content (AvgIpc) is 3.20. The molecule has 0 saturated heterocycles. The van der Waals surface area contributed by atoms with Crippen LogP contribution in [0.1, 0.15) is 32.0 Å². The zero-order chi connectivity index (χ0) is 20.2. The number of imidazole rings is 2. The highest BCUT2D eigenvalue weighted by molar-refractivity contribution is 5.75. The fraction of sp³-hybridized carbons (Fsp3) is 0.381. The molecular formula is C21H25N5O2. The molecule has 0 N–H and O–H groups in total. The summed E-state index contributed by atoms with van der Waals surface area (Å²) >= 11 is 0. The third-order valence-electron chi connectivity index (χ3n) is 5.29. The molecule has 0 saturated carbocycles. The van der Waals surface area contributed by atoms with Crippen LogP contribution in [0.3, 0.4) is 0 Å². The van der Waals surface area contributed by atoms with Crippen molar-refractivity contribution in [2.75, 3.05) is 0 Å². The number of hydrogen-bond donors (Lipinski definition) is 0. The number of benzene rings is 1. The van der Waals surface area contributed by atoms with Crippen molar-refractivity contribution < 1.29 is 0 Å². The molecule has 0 radical (unpaired) electrons. The SMILES string of the molecule is Cn1c(=O)c2c(nc3n(CCc4ccccc4)c(C(C)(C)C)cn23)n(C)c1=O. The van der Waals surface area contributed by atoms with Crippen LogP contribution in [0.5, 0.6) is 0 Å². The van der Waals surface area contributed by atoms with E-state index in [-0.39, 0.29) is 16.7 Å². The summed E-state index contributed by atoms with van der Waals surface area (Å²) in [6.07, 6.45) is 2.84. The minimum absolute atomic E-state index is 0.115. The molecule has 0 unspecified atom stereocenters. The first-order valence-electron chi connectivity index (χ1n) is 9.42. The predicted octanol–water partition coefficient (Wildman–Crippen LogP) is 2.23. The summed E-state index contributed by atoms with van der Waals surface area (Å²) in [4.78, 5) is 29.8. The van der Waals surface area contributed by atoms with Gasteiger partial charge >= 0.3 is 5.69 Å². The highest BCUT2D eigenvalue weighted by Gasteiger charge is 2.25. The summed E-state index contributed by atoms with van der Waals surface area (Å²) in [6.45, 7) is 7.19. The van der Waals surface area contributed by atoms with Gasteiger partial charge in [0.25, 0.3) is 5.56 Å². The number of fused-ring (bicyclic) bond motifs is 3. The first-order chi connectivity index (χ1) is 13.2. The lowest BCUT2D eigenvalue weighted by atomic mass is 9.92. The Morgan fingerprint density at radius 3 is 2.32 bits per heavy atom.